The van der Waals surface area contributed by atoms with Gasteiger partial charge in [0.1, 0.15) is 11.8 Å². The number of nitro groups is 1. The van der Waals surface area contributed by atoms with Crippen molar-refractivity contribution >= 4 is 11.5 Å². The molecule has 0 saturated heterocycles. The molecule has 1 aliphatic heterocycles. The number of anilines is 1. The normalized spacial score (nSPS) is 20.0. The molecule has 2 aromatic carbocycles. The fourth-order valence-electron chi connectivity index (χ4n) is 2.68. The lowest BCUT2D eigenvalue weighted by molar-refractivity contribution is -0.508. The first-order chi connectivity index (χ1) is 10.6. The highest BCUT2D eigenvalue weighted by molar-refractivity contribution is 6.06. The molecule has 3 rings (SSSR count). The Labute approximate surface area is 126 Å². The number of para-hydroxylation sites is 1. The van der Waals surface area contributed by atoms with Gasteiger partial charge in [-0.15, -0.1) is 0 Å². The Hall–Kier alpha value is -2.89. The third-order valence-corrected chi connectivity index (χ3v) is 3.79. The zero-order valence-electron chi connectivity index (χ0n) is 11.9. The van der Waals surface area contributed by atoms with Gasteiger partial charge >= 0.3 is 0 Å². The maximum absolute atomic E-state index is 12.5. The van der Waals surface area contributed by atoms with E-state index in [1.165, 1.54) is 0 Å². The molecule has 6 heteroatoms. The minimum Gasteiger partial charge on any atom is -0.497 e. The van der Waals surface area contributed by atoms with Crippen molar-refractivity contribution in [1.82, 2.24) is 0 Å². The van der Waals surface area contributed by atoms with E-state index in [1.807, 2.05) is 0 Å². The second-order valence-corrected chi connectivity index (χ2v) is 5.04. The monoisotopic (exact) mass is 298 g/mol. The molecule has 6 nitrogen and oxygen atoms in total. The van der Waals surface area contributed by atoms with Crippen molar-refractivity contribution < 1.29 is 14.5 Å². The summed E-state index contributed by atoms with van der Waals surface area (Å²) in [5, 5.41) is 14.5. The van der Waals surface area contributed by atoms with Crippen LogP contribution in [0.1, 0.15) is 22.0 Å². The van der Waals surface area contributed by atoms with E-state index >= 15 is 0 Å². The highest BCUT2D eigenvalue weighted by Crippen LogP contribution is 2.34. The van der Waals surface area contributed by atoms with Crippen LogP contribution in [0, 0.1) is 10.1 Å². The highest BCUT2D eigenvalue weighted by atomic mass is 16.6. The Balaban J connectivity index is 2.05. The molecular formula is C16H14N2O4. The van der Waals surface area contributed by atoms with Crippen LogP contribution in [0.5, 0.6) is 5.75 Å². The van der Waals surface area contributed by atoms with Gasteiger partial charge in [0.25, 0.3) is 6.04 Å². The molecule has 1 heterocycles. The van der Waals surface area contributed by atoms with E-state index in [4.69, 9.17) is 4.74 Å². The number of nitrogens with zero attached hydrogens (tertiary/aromatic N) is 1. The van der Waals surface area contributed by atoms with Crippen LogP contribution in [0.2, 0.25) is 0 Å². The molecule has 1 N–H and O–H groups in total. The zero-order chi connectivity index (χ0) is 15.7. The molecule has 0 spiro atoms. The lowest BCUT2D eigenvalue weighted by Crippen LogP contribution is -2.43. The van der Waals surface area contributed by atoms with Crippen LogP contribution in [0.25, 0.3) is 0 Å². The van der Waals surface area contributed by atoms with Crippen LogP contribution in [0.15, 0.2) is 48.5 Å². The average molecular weight is 298 g/mol. The Bertz CT molecular complexity index is 727. The summed E-state index contributed by atoms with van der Waals surface area (Å²) in [4.78, 5) is 23.3. The maximum atomic E-state index is 12.5. The summed E-state index contributed by atoms with van der Waals surface area (Å²) in [5.74, 6) is 0.184. The van der Waals surface area contributed by atoms with Crippen LogP contribution in [-0.4, -0.2) is 23.9 Å². The van der Waals surface area contributed by atoms with E-state index in [2.05, 4.69) is 5.32 Å². The maximum Gasteiger partial charge on any atom is 0.298 e. The molecule has 0 aromatic heterocycles. The lowest BCUT2D eigenvalue weighted by Gasteiger charge is -2.28. The molecule has 0 amide bonds. The van der Waals surface area contributed by atoms with Gasteiger partial charge in [0, 0.05) is 16.2 Å². The summed E-state index contributed by atoms with van der Waals surface area (Å²) in [6.45, 7) is 0. The molecule has 0 aliphatic carbocycles. The first kappa shape index (κ1) is 14.1. The van der Waals surface area contributed by atoms with Crippen molar-refractivity contribution in [2.45, 2.75) is 12.1 Å². The third kappa shape index (κ3) is 2.28. The number of methoxy groups -OCH3 is 1. The van der Waals surface area contributed by atoms with E-state index < -0.39 is 22.8 Å². The lowest BCUT2D eigenvalue weighted by atomic mass is 9.88. The molecule has 2 aromatic rings. The zero-order valence-corrected chi connectivity index (χ0v) is 11.9. The predicted molar refractivity (Wildman–Crippen MR) is 80.9 cm³/mol. The van der Waals surface area contributed by atoms with Crippen LogP contribution in [0.3, 0.4) is 0 Å². The molecular weight excluding hydrogens is 284 g/mol. The molecule has 2 atom stereocenters. The minimum atomic E-state index is -1.34. The van der Waals surface area contributed by atoms with Crippen molar-refractivity contribution in [2.75, 3.05) is 12.4 Å². The smallest absolute Gasteiger partial charge is 0.298 e. The topological polar surface area (TPSA) is 81.5 Å². The van der Waals surface area contributed by atoms with E-state index in [-0.39, 0.29) is 0 Å². The van der Waals surface area contributed by atoms with Gasteiger partial charge in [0.15, 0.2) is 0 Å². The van der Waals surface area contributed by atoms with Crippen molar-refractivity contribution in [3.8, 4) is 5.75 Å². The van der Waals surface area contributed by atoms with Gasteiger partial charge in [-0.25, -0.2) is 0 Å². The van der Waals surface area contributed by atoms with Crippen molar-refractivity contribution in [3.05, 3.63) is 69.8 Å². The quantitative estimate of drug-likeness (QED) is 0.696. The largest absolute Gasteiger partial charge is 0.497 e. The summed E-state index contributed by atoms with van der Waals surface area (Å²) >= 11 is 0. The van der Waals surface area contributed by atoms with Gasteiger partial charge in [-0.2, -0.15) is 0 Å². The van der Waals surface area contributed by atoms with E-state index in [9.17, 15) is 14.9 Å². The minimum absolute atomic E-state index is 0.356. The van der Waals surface area contributed by atoms with Crippen molar-refractivity contribution in [2.24, 2.45) is 0 Å². The number of ketones is 1. The van der Waals surface area contributed by atoms with Crippen molar-refractivity contribution in [1.29, 1.82) is 0 Å². The number of fused-ring (bicyclic) bond motifs is 1. The van der Waals surface area contributed by atoms with Gasteiger partial charge in [-0.1, -0.05) is 24.3 Å². The van der Waals surface area contributed by atoms with Crippen LogP contribution in [0.4, 0.5) is 5.69 Å². The van der Waals surface area contributed by atoms with Gasteiger partial charge < -0.3 is 10.1 Å². The molecule has 0 bridgehead atoms. The van der Waals surface area contributed by atoms with Crippen molar-refractivity contribution in [3.63, 3.8) is 0 Å². The summed E-state index contributed by atoms with van der Waals surface area (Å²) < 4.78 is 5.09. The summed E-state index contributed by atoms with van der Waals surface area (Å²) in [6.07, 6.45) is 0. The first-order valence-electron chi connectivity index (χ1n) is 6.79. The molecule has 0 saturated carbocycles. The number of rotatable bonds is 3. The van der Waals surface area contributed by atoms with E-state index in [0.29, 0.717) is 22.6 Å². The Morgan fingerprint density at radius 1 is 1.14 bits per heavy atom. The number of benzene rings is 2. The number of hydrogen-bond acceptors (Lipinski definition) is 5. The molecule has 0 fully saturated rings. The Morgan fingerprint density at radius 3 is 2.45 bits per heavy atom. The number of carbonyl (C=O) groups is 1. The number of hydrogen-bond donors (Lipinski definition) is 1. The van der Waals surface area contributed by atoms with E-state index in [1.54, 1.807) is 55.6 Å². The Morgan fingerprint density at radius 2 is 1.82 bits per heavy atom. The fourth-order valence-corrected chi connectivity index (χ4v) is 2.68. The van der Waals surface area contributed by atoms with Gasteiger partial charge in [-0.3, -0.25) is 14.9 Å². The van der Waals surface area contributed by atoms with Crippen LogP contribution >= 0.6 is 0 Å². The predicted octanol–water partition coefficient (Wildman–Crippen LogP) is 2.69. The Kier molecular flexibility index (Phi) is 3.50. The standard InChI is InChI=1S/C16H14N2O4/c1-22-11-8-6-10(7-9-11)14-15(18(20)21)16(19)12-4-2-3-5-13(12)17-14/h2-9,14-15,17H,1H3/t14-,15-/m1/s1. The molecule has 22 heavy (non-hydrogen) atoms. The summed E-state index contributed by atoms with van der Waals surface area (Å²) in [5.41, 5.74) is 1.64. The number of carbonyl (C=O) groups excluding carboxylic acids is 1. The number of nitrogens with one attached hydrogen (secondary N) is 1. The molecule has 112 valence electrons. The van der Waals surface area contributed by atoms with Gasteiger partial charge in [0.2, 0.25) is 5.78 Å². The van der Waals surface area contributed by atoms with E-state index in [0.717, 1.165) is 0 Å². The summed E-state index contributed by atoms with van der Waals surface area (Å²) in [7, 11) is 1.55. The fraction of sp³-hybridized carbons (Fsp3) is 0.188. The number of ether oxygens (including phenoxy) is 1. The highest BCUT2D eigenvalue weighted by Gasteiger charge is 2.44. The third-order valence-electron chi connectivity index (χ3n) is 3.79. The van der Waals surface area contributed by atoms with Crippen LogP contribution < -0.4 is 10.1 Å². The average Bonchev–Trinajstić information content (AvgIpc) is 2.54. The second-order valence-electron chi connectivity index (χ2n) is 5.04. The summed E-state index contributed by atoms with van der Waals surface area (Å²) in [6, 6.07) is 11.7. The van der Waals surface area contributed by atoms with Gasteiger partial charge in [-0.05, 0) is 29.8 Å². The van der Waals surface area contributed by atoms with Gasteiger partial charge in [0.05, 0.1) is 7.11 Å². The van der Waals surface area contributed by atoms with Crippen LogP contribution in [-0.2, 0) is 0 Å². The molecule has 0 radical (unpaired) electrons. The first-order valence-corrected chi connectivity index (χ1v) is 6.79. The second kappa shape index (κ2) is 5.48. The molecule has 0 unspecified atom stereocenters. The molecule has 1 aliphatic rings. The number of Topliss-reactive ketones (excluding diaryl/α,β-unsaturated/α-hetero) is 1. The SMILES string of the molecule is COc1ccc([C@H]2Nc3ccccc3C(=O)[C@@H]2[N+](=O)[O-])cc1.